The highest BCUT2D eigenvalue weighted by atomic mass is 32.2. The SMILES string of the molecule is NCc1sccc1S(=O)(=O)NCC1CCCCC1. The first-order valence-corrected chi connectivity index (χ1v) is 8.76. The van der Waals surface area contributed by atoms with E-state index >= 15 is 0 Å². The third-order valence-corrected chi connectivity index (χ3v) is 6.05. The van der Waals surface area contributed by atoms with Crippen LogP contribution in [0.1, 0.15) is 37.0 Å². The first kappa shape index (κ1) is 14.0. The van der Waals surface area contributed by atoms with Crippen molar-refractivity contribution >= 4 is 21.4 Å². The maximum absolute atomic E-state index is 12.2. The Balaban J connectivity index is 1.99. The van der Waals surface area contributed by atoms with Crippen LogP contribution in [0.4, 0.5) is 0 Å². The number of hydrogen-bond donors (Lipinski definition) is 2. The molecule has 0 aliphatic heterocycles. The van der Waals surface area contributed by atoms with Crippen molar-refractivity contribution in [2.24, 2.45) is 11.7 Å². The summed E-state index contributed by atoms with van der Waals surface area (Å²) in [5.41, 5.74) is 5.55. The molecule has 0 spiro atoms. The van der Waals surface area contributed by atoms with E-state index in [-0.39, 0.29) is 6.54 Å². The average Bonchev–Trinajstić information content (AvgIpc) is 2.87. The molecule has 0 unspecified atom stereocenters. The van der Waals surface area contributed by atoms with E-state index in [0.717, 1.165) is 17.7 Å². The smallest absolute Gasteiger partial charge is 0.241 e. The Hall–Kier alpha value is -0.430. The van der Waals surface area contributed by atoms with Crippen molar-refractivity contribution in [3.63, 3.8) is 0 Å². The fraction of sp³-hybridized carbons (Fsp3) is 0.667. The molecule has 1 fully saturated rings. The van der Waals surface area contributed by atoms with Gasteiger partial charge >= 0.3 is 0 Å². The number of thiophene rings is 1. The number of sulfonamides is 1. The van der Waals surface area contributed by atoms with Crippen molar-refractivity contribution in [1.82, 2.24) is 4.72 Å². The second-order valence-corrected chi connectivity index (χ2v) is 7.50. The molecule has 1 aromatic heterocycles. The van der Waals surface area contributed by atoms with Crippen LogP contribution in [0.25, 0.3) is 0 Å². The molecule has 0 aromatic carbocycles. The van der Waals surface area contributed by atoms with Crippen LogP contribution in [0, 0.1) is 5.92 Å². The molecule has 18 heavy (non-hydrogen) atoms. The molecule has 1 aliphatic rings. The van der Waals surface area contributed by atoms with Crippen LogP contribution >= 0.6 is 11.3 Å². The minimum Gasteiger partial charge on any atom is -0.326 e. The van der Waals surface area contributed by atoms with Crippen molar-refractivity contribution < 1.29 is 8.42 Å². The van der Waals surface area contributed by atoms with Gasteiger partial charge < -0.3 is 5.73 Å². The lowest BCUT2D eigenvalue weighted by Gasteiger charge is -2.21. The van der Waals surface area contributed by atoms with Gasteiger partial charge in [0.05, 0.1) is 4.90 Å². The molecule has 3 N–H and O–H groups in total. The monoisotopic (exact) mass is 288 g/mol. The fourth-order valence-corrected chi connectivity index (χ4v) is 4.86. The Kier molecular flexibility index (Phi) is 4.77. The number of rotatable bonds is 5. The number of hydrogen-bond acceptors (Lipinski definition) is 4. The normalized spacial score (nSPS) is 18.1. The van der Waals surface area contributed by atoms with E-state index in [1.165, 1.54) is 30.6 Å². The maximum atomic E-state index is 12.2. The quantitative estimate of drug-likeness (QED) is 0.871. The lowest BCUT2D eigenvalue weighted by atomic mass is 9.90. The molecular formula is C12H20N2O2S2. The van der Waals surface area contributed by atoms with E-state index in [4.69, 9.17) is 5.73 Å². The van der Waals surface area contributed by atoms with Crippen molar-refractivity contribution in [2.45, 2.75) is 43.5 Å². The summed E-state index contributed by atoms with van der Waals surface area (Å²) in [6.45, 7) is 0.833. The Morgan fingerprint density at radius 1 is 1.33 bits per heavy atom. The number of nitrogens with two attached hydrogens (primary N) is 1. The molecule has 0 saturated heterocycles. The lowest BCUT2D eigenvalue weighted by Crippen LogP contribution is -2.30. The third kappa shape index (κ3) is 3.32. The van der Waals surface area contributed by atoms with Crippen molar-refractivity contribution in [3.8, 4) is 0 Å². The molecule has 0 atom stereocenters. The Morgan fingerprint density at radius 2 is 2.06 bits per heavy atom. The zero-order valence-corrected chi connectivity index (χ0v) is 12.0. The second-order valence-electron chi connectivity index (χ2n) is 4.77. The minimum atomic E-state index is -3.38. The van der Waals surface area contributed by atoms with Crippen LogP contribution in [0.15, 0.2) is 16.3 Å². The molecule has 0 bridgehead atoms. The molecule has 0 amide bonds. The summed E-state index contributed by atoms with van der Waals surface area (Å²) in [5, 5.41) is 1.78. The molecule has 2 rings (SSSR count). The fourth-order valence-electron chi connectivity index (χ4n) is 2.41. The van der Waals surface area contributed by atoms with Gasteiger partial charge in [0.25, 0.3) is 0 Å². The third-order valence-electron chi connectivity index (χ3n) is 3.47. The number of nitrogens with one attached hydrogen (secondary N) is 1. The standard InChI is InChI=1S/C12H20N2O2S2/c13-8-11-12(6-7-17-11)18(15,16)14-9-10-4-2-1-3-5-10/h6-7,10,14H,1-5,8-9,13H2. The van der Waals surface area contributed by atoms with Gasteiger partial charge in [-0.3, -0.25) is 0 Å². The highest BCUT2D eigenvalue weighted by molar-refractivity contribution is 7.89. The largest absolute Gasteiger partial charge is 0.326 e. The Bertz CT molecular complexity index is 476. The van der Waals surface area contributed by atoms with Crippen LogP contribution < -0.4 is 10.5 Å². The maximum Gasteiger partial charge on any atom is 0.241 e. The predicted molar refractivity (Wildman–Crippen MR) is 74.0 cm³/mol. The summed E-state index contributed by atoms with van der Waals surface area (Å²) < 4.78 is 27.0. The zero-order valence-electron chi connectivity index (χ0n) is 10.4. The molecule has 4 nitrogen and oxygen atoms in total. The van der Waals surface area contributed by atoms with Crippen LogP contribution in [0.5, 0.6) is 0 Å². The first-order chi connectivity index (χ1) is 8.63. The molecule has 1 heterocycles. The summed E-state index contributed by atoms with van der Waals surface area (Å²) in [6, 6.07) is 1.63. The summed E-state index contributed by atoms with van der Waals surface area (Å²) in [4.78, 5) is 1.08. The van der Waals surface area contributed by atoms with Gasteiger partial charge in [-0.05, 0) is 30.2 Å². The van der Waals surface area contributed by atoms with Gasteiger partial charge in [-0.1, -0.05) is 19.3 Å². The van der Waals surface area contributed by atoms with Gasteiger partial charge in [0.1, 0.15) is 0 Å². The van der Waals surface area contributed by atoms with Crippen molar-refractivity contribution in [3.05, 3.63) is 16.3 Å². The van der Waals surface area contributed by atoms with Gasteiger partial charge in [0, 0.05) is 18.0 Å². The molecule has 1 saturated carbocycles. The highest BCUT2D eigenvalue weighted by Crippen LogP contribution is 2.25. The van der Waals surface area contributed by atoms with Gasteiger partial charge in [-0.2, -0.15) is 0 Å². The Morgan fingerprint density at radius 3 is 2.72 bits per heavy atom. The van der Waals surface area contributed by atoms with E-state index in [9.17, 15) is 8.42 Å². The van der Waals surface area contributed by atoms with Crippen molar-refractivity contribution in [2.75, 3.05) is 6.54 Å². The predicted octanol–water partition coefficient (Wildman–Crippen LogP) is 2.07. The first-order valence-electron chi connectivity index (χ1n) is 6.39. The minimum absolute atomic E-state index is 0.275. The summed E-state index contributed by atoms with van der Waals surface area (Å²) in [6.07, 6.45) is 5.99. The van der Waals surface area contributed by atoms with E-state index < -0.39 is 10.0 Å². The molecule has 1 aromatic rings. The van der Waals surface area contributed by atoms with E-state index in [1.807, 2.05) is 0 Å². The van der Waals surface area contributed by atoms with Gasteiger partial charge in [0.15, 0.2) is 0 Å². The zero-order chi connectivity index (χ0) is 13.0. The second kappa shape index (κ2) is 6.14. The van der Waals surface area contributed by atoms with Crippen LogP contribution in [0.2, 0.25) is 0 Å². The van der Waals surface area contributed by atoms with Crippen LogP contribution in [0.3, 0.4) is 0 Å². The van der Waals surface area contributed by atoms with Gasteiger partial charge in [-0.25, -0.2) is 13.1 Å². The Labute approximate surface area is 113 Å². The highest BCUT2D eigenvalue weighted by Gasteiger charge is 2.21. The van der Waals surface area contributed by atoms with Gasteiger partial charge in [-0.15, -0.1) is 11.3 Å². The lowest BCUT2D eigenvalue weighted by molar-refractivity contribution is 0.357. The van der Waals surface area contributed by atoms with E-state index in [0.29, 0.717) is 17.4 Å². The molecular weight excluding hydrogens is 268 g/mol. The molecule has 102 valence electrons. The topological polar surface area (TPSA) is 72.2 Å². The molecule has 6 heteroatoms. The summed E-state index contributed by atoms with van der Waals surface area (Å²) in [5.74, 6) is 0.494. The van der Waals surface area contributed by atoms with E-state index in [2.05, 4.69) is 4.72 Å². The molecule has 0 radical (unpaired) electrons. The average molecular weight is 288 g/mol. The van der Waals surface area contributed by atoms with Gasteiger partial charge in [0.2, 0.25) is 10.0 Å². The van der Waals surface area contributed by atoms with Crippen LogP contribution in [-0.4, -0.2) is 15.0 Å². The van der Waals surface area contributed by atoms with Crippen LogP contribution in [-0.2, 0) is 16.6 Å². The van der Waals surface area contributed by atoms with Crippen molar-refractivity contribution in [1.29, 1.82) is 0 Å². The molecule has 1 aliphatic carbocycles. The summed E-state index contributed by atoms with van der Waals surface area (Å²) in [7, 11) is -3.38. The van der Waals surface area contributed by atoms with E-state index in [1.54, 1.807) is 11.4 Å². The summed E-state index contributed by atoms with van der Waals surface area (Å²) >= 11 is 1.39.